The van der Waals surface area contributed by atoms with Crippen LogP contribution >= 0.6 is 11.3 Å². The molecule has 0 spiro atoms. The minimum Gasteiger partial charge on any atom is -0.263 e. The van der Waals surface area contributed by atoms with Crippen molar-refractivity contribution in [3.63, 3.8) is 0 Å². The highest BCUT2D eigenvalue weighted by atomic mass is 32.1. The van der Waals surface area contributed by atoms with Crippen molar-refractivity contribution >= 4 is 31.8 Å². The van der Waals surface area contributed by atoms with Crippen LogP contribution in [-0.2, 0) is 0 Å². The van der Waals surface area contributed by atoms with Crippen LogP contribution in [0.2, 0.25) is 0 Å². The van der Waals surface area contributed by atoms with Crippen molar-refractivity contribution in [2.24, 2.45) is 0 Å². The molecule has 3 heterocycles. The lowest BCUT2D eigenvalue weighted by molar-refractivity contribution is 1.03. The van der Waals surface area contributed by atoms with Gasteiger partial charge in [0.25, 0.3) is 0 Å². The molecule has 3 rings (SSSR count). The van der Waals surface area contributed by atoms with Crippen LogP contribution in [0, 0.1) is 0 Å². The van der Waals surface area contributed by atoms with Gasteiger partial charge in [0.15, 0.2) is 4.83 Å². The van der Waals surface area contributed by atoms with Gasteiger partial charge in [-0.05, 0) is 6.07 Å². The van der Waals surface area contributed by atoms with Crippen LogP contribution in [0.3, 0.4) is 0 Å². The van der Waals surface area contributed by atoms with Gasteiger partial charge < -0.3 is 0 Å². The van der Waals surface area contributed by atoms with Gasteiger partial charge in [0.05, 0.1) is 4.70 Å². The van der Waals surface area contributed by atoms with Gasteiger partial charge >= 0.3 is 0 Å². The first-order valence-corrected chi connectivity index (χ1v) is 4.57. The topological polar surface area (TPSA) is 51.6 Å². The molecule has 0 unspecified atom stereocenters. The molecule has 0 aliphatic heterocycles. The Kier molecular flexibility index (Phi) is 1.28. The van der Waals surface area contributed by atoms with E-state index in [-0.39, 0.29) is 0 Å². The lowest BCUT2D eigenvalue weighted by Gasteiger charge is -1.85. The lowest BCUT2D eigenvalue weighted by Crippen LogP contribution is -1.80. The Morgan fingerprint density at radius 3 is 3.31 bits per heavy atom. The third-order valence-corrected chi connectivity index (χ3v) is 2.85. The van der Waals surface area contributed by atoms with Gasteiger partial charge in [-0.1, -0.05) is 0 Å². The second kappa shape index (κ2) is 2.43. The van der Waals surface area contributed by atoms with Crippen molar-refractivity contribution < 1.29 is 0 Å². The monoisotopic (exact) mass is 188 g/mol. The summed E-state index contributed by atoms with van der Waals surface area (Å²) in [7, 11) is 0. The molecule has 3 aromatic heterocycles. The summed E-state index contributed by atoms with van der Waals surface area (Å²) < 4.78 is 1.10. The molecule has 0 aliphatic rings. The maximum Gasteiger partial charge on any atom is 0.165 e. The van der Waals surface area contributed by atoms with Crippen LogP contribution in [-0.4, -0.2) is 20.2 Å². The smallest absolute Gasteiger partial charge is 0.165 e. The number of rotatable bonds is 0. The normalized spacial score (nSPS) is 11.1. The molecule has 0 saturated carbocycles. The highest BCUT2D eigenvalue weighted by molar-refractivity contribution is 7.25. The summed E-state index contributed by atoms with van der Waals surface area (Å²) in [6, 6.07) is 1.95. The minimum absolute atomic E-state index is 0.866. The molecule has 4 nitrogen and oxygen atoms in total. The molecule has 0 aromatic carbocycles. The summed E-state index contributed by atoms with van der Waals surface area (Å²) >= 11 is 1.56. The summed E-state index contributed by atoms with van der Waals surface area (Å²) in [5.41, 5.74) is 0.914. The molecular weight excluding hydrogens is 184 g/mol. The van der Waals surface area contributed by atoms with Crippen molar-refractivity contribution in [1.29, 1.82) is 0 Å². The zero-order chi connectivity index (χ0) is 8.67. The van der Waals surface area contributed by atoms with Gasteiger partial charge in [0.1, 0.15) is 11.8 Å². The van der Waals surface area contributed by atoms with E-state index < -0.39 is 0 Å². The molecule has 0 bridgehead atoms. The quantitative estimate of drug-likeness (QED) is 0.538. The van der Waals surface area contributed by atoms with E-state index in [1.807, 2.05) is 12.3 Å². The predicted octanol–water partition coefficient (Wildman–Crippen LogP) is 1.63. The van der Waals surface area contributed by atoms with Crippen molar-refractivity contribution in [2.75, 3.05) is 0 Å². The summed E-state index contributed by atoms with van der Waals surface area (Å²) in [4.78, 5) is 9.09. The highest BCUT2D eigenvalue weighted by Crippen LogP contribution is 2.28. The van der Waals surface area contributed by atoms with E-state index in [9.17, 15) is 0 Å². The van der Waals surface area contributed by atoms with E-state index in [2.05, 4.69) is 20.2 Å². The second-order valence-corrected chi connectivity index (χ2v) is 3.62. The van der Waals surface area contributed by atoms with Gasteiger partial charge in [-0.15, -0.1) is 21.5 Å². The van der Waals surface area contributed by atoms with Gasteiger partial charge in [-0.2, -0.15) is 0 Å². The van der Waals surface area contributed by atoms with Crippen molar-refractivity contribution in [1.82, 2.24) is 20.2 Å². The van der Waals surface area contributed by atoms with Crippen molar-refractivity contribution in [3.8, 4) is 0 Å². The van der Waals surface area contributed by atoms with Gasteiger partial charge in [0, 0.05) is 17.8 Å². The Morgan fingerprint density at radius 2 is 2.31 bits per heavy atom. The maximum absolute atomic E-state index is 4.18. The summed E-state index contributed by atoms with van der Waals surface area (Å²) in [5, 5.41) is 8.84. The zero-order valence-electron chi connectivity index (χ0n) is 6.51. The van der Waals surface area contributed by atoms with Gasteiger partial charge in [-0.25, -0.2) is 4.98 Å². The largest absolute Gasteiger partial charge is 0.263 e. The first-order chi connectivity index (χ1) is 6.45. The van der Waals surface area contributed by atoms with E-state index in [1.54, 1.807) is 17.5 Å². The van der Waals surface area contributed by atoms with Crippen molar-refractivity contribution in [3.05, 3.63) is 24.8 Å². The number of aromatic nitrogens is 4. The number of nitrogens with zero attached hydrogens (tertiary/aromatic N) is 4. The molecule has 3 aromatic rings. The molecule has 0 atom stereocenters. The number of hydrogen-bond donors (Lipinski definition) is 0. The molecule has 5 heteroatoms. The molecule has 0 aliphatic carbocycles. The van der Waals surface area contributed by atoms with Crippen LogP contribution < -0.4 is 0 Å². The van der Waals surface area contributed by atoms with E-state index in [0.717, 1.165) is 20.4 Å². The Bertz CT molecular complexity index is 524. The third-order valence-electron chi connectivity index (χ3n) is 1.84. The summed E-state index contributed by atoms with van der Waals surface area (Å²) in [6.07, 6.45) is 5.05. The Morgan fingerprint density at radius 1 is 1.31 bits per heavy atom. The van der Waals surface area contributed by atoms with Crippen LogP contribution in [0.1, 0.15) is 0 Å². The number of hydrogen-bond acceptors (Lipinski definition) is 5. The van der Waals surface area contributed by atoms with Crippen LogP contribution in [0.4, 0.5) is 0 Å². The molecule has 0 radical (unpaired) electrons. The summed E-state index contributed by atoms with van der Waals surface area (Å²) in [5.74, 6) is 0. The van der Waals surface area contributed by atoms with E-state index in [1.165, 1.54) is 6.33 Å². The van der Waals surface area contributed by atoms with Crippen molar-refractivity contribution in [2.45, 2.75) is 0 Å². The summed E-state index contributed by atoms with van der Waals surface area (Å²) in [6.45, 7) is 0. The molecule has 62 valence electrons. The van der Waals surface area contributed by atoms with Gasteiger partial charge in [0.2, 0.25) is 0 Å². The van der Waals surface area contributed by atoms with Crippen LogP contribution in [0.25, 0.3) is 20.4 Å². The molecule has 0 amide bonds. The average Bonchev–Trinajstić information content (AvgIpc) is 2.56. The predicted molar refractivity (Wildman–Crippen MR) is 50.5 cm³/mol. The lowest BCUT2D eigenvalue weighted by atomic mass is 10.3. The maximum atomic E-state index is 4.18. The van der Waals surface area contributed by atoms with Crippen LogP contribution in [0.5, 0.6) is 0 Å². The van der Waals surface area contributed by atoms with Crippen LogP contribution in [0.15, 0.2) is 24.8 Å². The van der Waals surface area contributed by atoms with Gasteiger partial charge in [-0.3, -0.25) is 4.98 Å². The molecular formula is C8H4N4S. The highest BCUT2D eigenvalue weighted by Gasteiger charge is 2.05. The fourth-order valence-electron chi connectivity index (χ4n) is 1.28. The number of thiophene rings is 1. The SMILES string of the molecule is c1cc2c(cn1)sc1nncnc12. The molecule has 0 N–H and O–H groups in total. The number of pyridine rings is 1. The Labute approximate surface area is 77.3 Å². The first kappa shape index (κ1) is 6.85. The average molecular weight is 188 g/mol. The number of fused-ring (bicyclic) bond motifs is 3. The molecule has 13 heavy (non-hydrogen) atoms. The zero-order valence-corrected chi connectivity index (χ0v) is 7.32. The Balaban J connectivity index is 2.64. The van der Waals surface area contributed by atoms with E-state index in [0.29, 0.717) is 0 Å². The minimum atomic E-state index is 0.866. The standard InChI is InChI=1S/C8H4N4S/c1-2-9-3-6-5(1)7-8(13-6)12-11-4-10-7/h1-4H. The Hall–Kier alpha value is -1.62. The third kappa shape index (κ3) is 0.905. The first-order valence-electron chi connectivity index (χ1n) is 3.75. The van der Waals surface area contributed by atoms with E-state index >= 15 is 0 Å². The fourth-order valence-corrected chi connectivity index (χ4v) is 2.22. The molecule has 0 saturated heterocycles. The van der Waals surface area contributed by atoms with E-state index in [4.69, 9.17) is 0 Å². The molecule has 0 fully saturated rings. The second-order valence-electron chi connectivity index (χ2n) is 2.59. The fraction of sp³-hybridized carbons (Fsp3) is 0.